The summed E-state index contributed by atoms with van der Waals surface area (Å²) in [5.74, 6) is 1.17. The molecule has 1 heterocycles. The molecule has 0 saturated carbocycles. The quantitative estimate of drug-likeness (QED) is 0.507. The van der Waals surface area contributed by atoms with Crippen LogP contribution in [0.3, 0.4) is 0 Å². The van der Waals surface area contributed by atoms with Crippen molar-refractivity contribution in [2.24, 2.45) is 5.10 Å². The number of hydrazone groups is 1. The van der Waals surface area contributed by atoms with Crippen LogP contribution in [-0.2, 0) is 6.54 Å². The molecule has 0 aliphatic carbocycles. The van der Waals surface area contributed by atoms with E-state index >= 15 is 0 Å². The predicted octanol–water partition coefficient (Wildman–Crippen LogP) is 4.50. The fraction of sp³-hybridized carbons (Fsp3) is 0.105. The first-order chi connectivity index (χ1) is 12.2. The van der Waals surface area contributed by atoms with E-state index in [0.717, 1.165) is 11.3 Å². The van der Waals surface area contributed by atoms with Crippen LogP contribution in [0.4, 0.5) is 11.8 Å². The summed E-state index contributed by atoms with van der Waals surface area (Å²) in [6.07, 6.45) is 1.66. The summed E-state index contributed by atoms with van der Waals surface area (Å²) in [5.41, 5.74) is 5.77. The van der Waals surface area contributed by atoms with Crippen molar-refractivity contribution in [3.8, 4) is 0 Å². The molecule has 5 nitrogen and oxygen atoms in total. The predicted molar refractivity (Wildman–Crippen MR) is 103 cm³/mol. The second-order valence-electron chi connectivity index (χ2n) is 5.45. The largest absolute Gasteiger partial charge is 0.350 e. The van der Waals surface area contributed by atoms with Crippen molar-refractivity contribution >= 4 is 29.6 Å². The van der Waals surface area contributed by atoms with Gasteiger partial charge in [-0.25, -0.2) is 4.98 Å². The molecule has 0 saturated heterocycles. The first-order valence-corrected chi connectivity index (χ1v) is 8.25. The summed E-state index contributed by atoms with van der Waals surface area (Å²) in [6.45, 7) is 2.57. The smallest absolute Gasteiger partial charge is 0.225 e. The van der Waals surface area contributed by atoms with Crippen molar-refractivity contribution in [1.82, 2.24) is 9.97 Å². The van der Waals surface area contributed by atoms with Crippen LogP contribution in [0.5, 0.6) is 0 Å². The number of aryl methyl sites for hydroxylation is 1. The number of nitrogens with zero attached hydrogens (tertiary/aromatic N) is 3. The number of hydrogen-bond donors (Lipinski definition) is 2. The van der Waals surface area contributed by atoms with Crippen molar-refractivity contribution in [2.45, 2.75) is 13.5 Å². The first kappa shape index (κ1) is 16.9. The third-order valence-corrected chi connectivity index (χ3v) is 3.78. The average Bonchev–Trinajstić information content (AvgIpc) is 2.62. The van der Waals surface area contributed by atoms with Crippen molar-refractivity contribution < 1.29 is 0 Å². The average molecular weight is 352 g/mol. The van der Waals surface area contributed by atoms with Gasteiger partial charge < -0.3 is 5.32 Å². The Kier molecular flexibility index (Phi) is 5.59. The molecule has 0 spiro atoms. The number of anilines is 2. The summed E-state index contributed by atoms with van der Waals surface area (Å²) >= 11 is 6.10. The number of halogens is 1. The number of nitrogens with one attached hydrogen (secondary N) is 2. The lowest BCUT2D eigenvalue weighted by atomic mass is 10.2. The third kappa shape index (κ3) is 5.02. The van der Waals surface area contributed by atoms with Gasteiger partial charge in [0.05, 0.1) is 6.21 Å². The zero-order chi connectivity index (χ0) is 17.5. The summed E-state index contributed by atoms with van der Waals surface area (Å²) in [4.78, 5) is 8.82. The summed E-state index contributed by atoms with van der Waals surface area (Å²) in [7, 11) is 0. The molecule has 3 aromatic rings. The van der Waals surface area contributed by atoms with E-state index in [1.807, 2.05) is 55.5 Å². The van der Waals surface area contributed by atoms with Gasteiger partial charge in [0.25, 0.3) is 0 Å². The van der Waals surface area contributed by atoms with Gasteiger partial charge >= 0.3 is 0 Å². The second kappa shape index (κ2) is 8.26. The van der Waals surface area contributed by atoms with Crippen molar-refractivity contribution in [3.05, 3.63) is 82.5 Å². The highest BCUT2D eigenvalue weighted by atomic mass is 35.5. The monoisotopic (exact) mass is 351 g/mol. The van der Waals surface area contributed by atoms with Gasteiger partial charge in [-0.1, -0.05) is 60.1 Å². The molecule has 0 bridgehead atoms. The number of benzene rings is 2. The van der Waals surface area contributed by atoms with E-state index in [4.69, 9.17) is 11.6 Å². The highest BCUT2D eigenvalue weighted by molar-refractivity contribution is 6.33. The maximum absolute atomic E-state index is 6.10. The van der Waals surface area contributed by atoms with E-state index in [9.17, 15) is 0 Å². The van der Waals surface area contributed by atoms with Gasteiger partial charge in [-0.05, 0) is 18.6 Å². The van der Waals surface area contributed by atoms with Crippen LogP contribution in [0.2, 0.25) is 5.02 Å². The lowest BCUT2D eigenvalue weighted by Gasteiger charge is -2.08. The third-order valence-electron chi connectivity index (χ3n) is 3.44. The van der Waals surface area contributed by atoms with E-state index in [-0.39, 0.29) is 0 Å². The van der Waals surface area contributed by atoms with Crippen LogP contribution in [-0.4, -0.2) is 16.2 Å². The molecular formula is C19H18ClN5. The molecule has 0 amide bonds. The SMILES string of the molecule is Cc1cc(NN=Cc2ccccc2Cl)nc(NCc2ccccc2)n1. The molecule has 0 atom stereocenters. The maximum atomic E-state index is 6.10. The lowest BCUT2D eigenvalue weighted by molar-refractivity contribution is 1.02. The maximum Gasteiger partial charge on any atom is 0.225 e. The van der Waals surface area contributed by atoms with Gasteiger partial charge in [0.2, 0.25) is 5.95 Å². The molecule has 0 radical (unpaired) electrons. The highest BCUT2D eigenvalue weighted by Crippen LogP contribution is 2.13. The molecule has 0 aliphatic rings. The minimum Gasteiger partial charge on any atom is -0.350 e. The standard InChI is InChI=1S/C19H18ClN5/c1-14-11-18(25-22-13-16-9-5-6-10-17(16)20)24-19(23-14)21-12-15-7-3-2-4-8-15/h2-11,13H,12H2,1H3,(H2,21,23,24,25). The molecule has 3 rings (SSSR count). The summed E-state index contributed by atoms with van der Waals surface area (Å²) in [5, 5.41) is 8.07. The van der Waals surface area contributed by atoms with E-state index in [1.54, 1.807) is 6.21 Å². The van der Waals surface area contributed by atoms with Gasteiger partial charge in [0, 0.05) is 28.9 Å². The molecule has 0 unspecified atom stereocenters. The Morgan fingerprint density at radius 2 is 1.80 bits per heavy atom. The Hall–Kier alpha value is -2.92. The summed E-state index contributed by atoms with van der Waals surface area (Å²) < 4.78 is 0. The van der Waals surface area contributed by atoms with Crippen molar-refractivity contribution in [1.29, 1.82) is 0 Å². The lowest BCUT2D eigenvalue weighted by Crippen LogP contribution is -2.06. The first-order valence-electron chi connectivity index (χ1n) is 7.88. The molecule has 0 fully saturated rings. The highest BCUT2D eigenvalue weighted by Gasteiger charge is 2.02. The molecule has 6 heteroatoms. The Balaban J connectivity index is 1.66. The topological polar surface area (TPSA) is 62.2 Å². The molecular weight excluding hydrogens is 334 g/mol. The fourth-order valence-electron chi connectivity index (χ4n) is 2.23. The van der Waals surface area contributed by atoms with Crippen LogP contribution in [0.1, 0.15) is 16.8 Å². The second-order valence-corrected chi connectivity index (χ2v) is 5.86. The Morgan fingerprint density at radius 3 is 2.60 bits per heavy atom. The Bertz CT molecular complexity index is 865. The van der Waals surface area contributed by atoms with E-state index in [2.05, 4.69) is 37.9 Å². The molecule has 0 aliphatic heterocycles. The van der Waals surface area contributed by atoms with Gasteiger partial charge in [-0.15, -0.1) is 0 Å². The van der Waals surface area contributed by atoms with Crippen LogP contribution in [0.15, 0.2) is 65.8 Å². The minimum absolute atomic E-state index is 0.555. The number of hydrogen-bond acceptors (Lipinski definition) is 5. The van der Waals surface area contributed by atoms with Gasteiger partial charge in [0.15, 0.2) is 5.82 Å². The van der Waals surface area contributed by atoms with E-state index in [0.29, 0.717) is 23.3 Å². The van der Waals surface area contributed by atoms with Crippen LogP contribution < -0.4 is 10.7 Å². The fourth-order valence-corrected chi connectivity index (χ4v) is 2.41. The molecule has 1 aromatic heterocycles. The Labute approximate surface area is 151 Å². The molecule has 2 N–H and O–H groups in total. The van der Waals surface area contributed by atoms with Crippen LogP contribution >= 0.6 is 11.6 Å². The zero-order valence-corrected chi connectivity index (χ0v) is 14.5. The van der Waals surface area contributed by atoms with Gasteiger partial charge in [-0.3, -0.25) is 5.43 Å². The normalized spacial score (nSPS) is 10.8. The number of rotatable bonds is 6. The molecule has 2 aromatic carbocycles. The van der Waals surface area contributed by atoms with Crippen molar-refractivity contribution in [2.75, 3.05) is 10.7 Å². The minimum atomic E-state index is 0.555. The van der Waals surface area contributed by atoms with Crippen molar-refractivity contribution in [3.63, 3.8) is 0 Å². The Morgan fingerprint density at radius 1 is 1.04 bits per heavy atom. The van der Waals surface area contributed by atoms with Gasteiger partial charge in [-0.2, -0.15) is 10.1 Å². The molecule has 25 heavy (non-hydrogen) atoms. The molecule has 126 valence electrons. The number of aromatic nitrogens is 2. The van der Waals surface area contributed by atoms with Gasteiger partial charge in [0.1, 0.15) is 0 Å². The summed E-state index contributed by atoms with van der Waals surface area (Å²) in [6, 6.07) is 19.4. The van der Waals surface area contributed by atoms with E-state index < -0.39 is 0 Å². The van der Waals surface area contributed by atoms with Crippen LogP contribution in [0, 0.1) is 6.92 Å². The zero-order valence-electron chi connectivity index (χ0n) is 13.8. The van der Waals surface area contributed by atoms with Crippen LogP contribution in [0.25, 0.3) is 0 Å². The van der Waals surface area contributed by atoms with E-state index in [1.165, 1.54) is 5.56 Å².